The third kappa shape index (κ3) is 5.27. The molecule has 0 heterocycles. The second-order valence-corrected chi connectivity index (χ2v) is 6.53. The van der Waals surface area contributed by atoms with Crippen molar-refractivity contribution in [3.8, 4) is 0 Å². The zero-order valence-corrected chi connectivity index (χ0v) is 13.2. The minimum Gasteiger partial charge on any atom is -0.313 e. The molecule has 1 aliphatic rings. The van der Waals surface area contributed by atoms with Gasteiger partial charge in [0.15, 0.2) is 0 Å². The van der Waals surface area contributed by atoms with E-state index in [1.165, 1.54) is 38.5 Å². The first kappa shape index (κ1) is 16.0. The molecule has 0 aromatic carbocycles. The first-order chi connectivity index (χ1) is 8.54. The molecule has 18 heavy (non-hydrogen) atoms. The van der Waals surface area contributed by atoms with E-state index in [4.69, 9.17) is 0 Å². The van der Waals surface area contributed by atoms with E-state index in [1.54, 1.807) is 0 Å². The smallest absolute Gasteiger partial charge is 0.0192 e. The van der Waals surface area contributed by atoms with Crippen LogP contribution in [0.1, 0.15) is 66.2 Å². The fourth-order valence-electron chi connectivity index (χ4n) is 3.06. The summed E-state index contributed by atoms with van der Waals surface area (Å²) in [5.41, 5.74) is 0. The van der Waals surface area contributed by atoms with Gasteiger partial charge >= 0.3 is 0 Å². The Bertz CT molecular complexity index is 209. The first-order valence-corrected chi connectivity index (χ1v) is 7.99. The molecule has 2 heteroatoms. The molecular weight excluding hydrogens is 220 g/mol. The second kappa shape index (κ2) is 8.16. The fraction of sp³-hybridized carbons (Fsp3) is 1.00. The molecule has 0 bridgehead atoms. The van der Waals surface area contributed by atoms with Gasteiger partial charge in [0, 0.05) is 24.7 Å². The average molecular weight is 254 g/mol. The molecule has 0 aromatic rings. The van der Waals surface area contributed by atoms with Crippen molar-refractivity contribution in [2.24, 2.45) is 5.92 Å². The summed E-state index contributed by atoms with van der Waals surface area (Å²) in [5.74, 6) is 0.952. The largest absolute Gasteiger partial charge is 0.313 e. The minimum atomic E-state index is 0.655. The number of hydrogen-bond acceptors (Lipinski definition) is 2. The molecule has 0 aliphatic heterocycles. The Morgan fingerprint density at radius 1 is 1.17 bits per heavy atom. The summed E-state index contributed by atoms with van der Waals surface area (Å²) in [6.45, 7) is 10.5. The number of hydrogen-bond donors (Lipinski definition) is 1. The van der Waals surface area contributed by atoms with Crippen LogP contribution in [0.5, 0.6) is 0 Å². The van der Waals surface area contributed by atoms with E-state index in [0.29, 0.717) is 12.1 Å². The van der Waals surface area contributed by atoms with Gasteiger partial charge in [0.1, 0.15) is 0 Å². The van der Waals surface area contributed by atoms with Gasteiger partial charge in [-0.05, 0) is 58.9 Å². The van der Waals surface area contributed by atoms with Crippen LogP contribution >= 0.6 is 0 Å². The highest BCUT2D eigenvalue weighted by molar-refractivity contribution is 4.80. The van der Waals surface area contributed by atoms with Gasteiger partial charge in [-0.1, -0.05) is 20.3 Å². The molecule has 0 radical (unpaired) electrons. The highest BCUT2D eigenvalue weighted by Crippen LogP contribution is 2.27. The molecule has 0 aromatic heterocycles. The number of nitrogens with one attached hydrogen (secondary N) is 1. The molecule has 108 valence electrons. The van der Waals surface area contributed by atoms with Crippen LogP contribution in [0.15, 0.2) is 0 Å². The van der Waals surface area contributed by atoms with E-state index >= 15 is 0 Å². The Labute approximate surface area is 115 Å². The van der Waals surface area contributed by atoms with E-state index in [1.807, 2.05) is 0 Å². The molecule has 1 rings (SSSR count). The van der Waals surface area contributed by atoms with Crippen LogP contribution in [0.3, 0.4) is 0 Å². The fourth-order valence-corrected chi connectivity index (χ4v) is 3.06. The molecule has 0 amide bonds. The normalized spacial score (nSPS) is 28.3. The van der Waals surface area contributed by atoms with Gasteiger partial charge in [0.2, 0.25) is 0 Å². The van der Waals surface area contributed by atoms with Crippen LogP contribution in [0.4, 0.5) is 0 Å². The van der Waals surface area contributed by atoms with Crippen molar-refractivity contribution in [1.82, 2.24) is 10.2 Å². The van der Waals surface area contributed by atoms with Crippen LogP contribution in [-0.4, -0.2) is 36.6 Å². The monoisotopic (exact) mass is 254 g/mol. The zero-order chi connectivity index (χ0) is 13.5. The van der Waals surface area contributed by atoms with Gasteiger partial charge in [-0.3, -0.25) is 4.90 Å². The Morgan fingerprint density at radius 2 is 1.78 bits per heavy atom. The SMILES string of the molecule is CCCC(C)NCC(C)N(C)C1CCC(C)CC1. The lowest BCUT2D eigenvalue weighted by atomic mass is 9.86. The lowest BCUT2D eigenvalue weighted by Crippen LogP contribution is -2.46. The summed E-state index contributed by atoms with van der Waals surface area (Å²) in [6, 6.07) is 2.14. The minimum absolute atomic E-state index is 0.655. The Hall–Kier alpha value is -0.0800. The molecule has 1 saturated carbocycles. The maximum absolute atomic E-state index is 3.67. The van der Waals surface area contributed by atoms with Gasteiger partial charge in [-0.25, -0.2) is 0 Å². The van der Waals surface area contributed by atoms with Crippen molar-refractivity contribution in [2.45, 2.75) is 84.3 Å². The van der Waals surface area contributed by atoms with Crippen molar-refractivity contribution in [1.29, 1.82) is 0 Å². The molecule has 2 atom stereocenters. The summed E-state index contributed by atoms with van der Waals surface area (Å²) in [7, 11) is 2.32. The molecule has 0 saturated heterocycles. The molecule has 0 spiro atoms. The van der Waals surface area contributed by atoms with E-state index in [0.717, 1.165) is 18.5 Å². The van der Waals surface area contributed by atoms with E-state index in [9.17, 15) is 0 Å². The number of nitrogens with zero attached hydrogens (tertiary/aromatic N) is 1. The van der Waals surface area contributed by atoms with Crippen molar-refractivity contribution in [3.63, 3.8) is 0 Å². The van der Waals surface area contributed by atoms with Gasteiger partial charge in [-0.2, -0.15) is 0 Å². The Kier molecular flexibility index (Phi) is 7.25. The van der Waals surface area contributed by atoms with Gasteiger partial charge in [0.25, 0.3) is 0 Å². The van der Waals surface area contributed by atoms with Crippen molar-refractivity contribution < 1.29 is 0 Å². The predicted molar refractivity (Wildman–Crippen MR) is 81.0 cm³/mol. The lowest BCUT2D eigenvalue weighted by Gasteiger charge is -2.37. The van der Waals surface area contributed by atoms with E-state index < -0.39 is 0 Å². The highest BCUT2D eigenvalue weighted by atomic mass is 15.2. The average Bonchev–Trinajstić information content (AvgIpc) is 2.36. The summed E-state index contributed by atoms with van der Waals surface area (Å²) >= 11 is 0. The molecular formula is C16H34N2. The second-order valence-electron chi connectivity index (χ2n) is 6.53. The third-order valence-corrected chi connectivity index (χ3v) is 4.74. The number of rotatable bonds is 7. The quantitative estimate of drug-likeness (QED) is 0.746. The van der Waals surface area contributed by atoms with E-state index in [2.05, 4.69) is 45.0 Å². The maximum Gasteiger partial charge on any atom is 0.0192 e. The molecule has 2 nitrogen and oxygen atoms in total. The molecule has 1 N–H and O–H groups in total. The van der Waals surface area contributed by atoms with Crippen LogP contribution < -0.4 is 5.32 Å². The van der Waals surface area contributed by atoms with Crippen molar-refractivity contribution >= 4 is 0 Å². The standard InChI is InChI=1S/C16H34N2/c1-6-7-14(3)17-12-15(4)18(5)16-10-8-13(2)9-11-16/h13-17H,6-12H2,1-5H3. The Balaban J connectivity index is 2.25. The van der Waals surface area contributed by atoms with Crippen molar-refractivity contribution in [3.05, 3.63) is 0 Å². The van der Waals surface area contributed by atoms with E-state index in [-0.39, 0.29) is 0 Å². The zero-order valence-electron chi connectivity index (χ0n) is 13.2. The Morgan fingerprint density at radius 3 is 2.33 bits per heavy atom. The highest BCUT2D eigenvalue weighted by Gasteiger charge is 2.24. The van der Waals surface area contributed by atoms with Crippen molar-refractivity contribution in [2.75, 3.05) is 13.6 Å². The lowest BCUT2D eigenvalue weighted by molar-refractivity contribution is 0.128. The number of likely N-dealkylation sites (N-methyl/N-ethyl adjacent to an activating group) is 1. The summed E-state index contributed by atoms with van der Waals surface area (Å²) < 4.78 is 0. The van der Waals surface area contributed by atoms with Gasteiger partial charge in [-0.15, -0.1) is 0 Å². The summed E-state index contributed by atoms with van der Waals surface area (Å²) in [6.07, 6.45) is 8.19. The van der Waals surface area contributed by atoms with Crippen LogP contribution in [0.25, 0.3) is 0 Å². The molecule has 1 aliphatic carbocycles. The van der Waals surface area contributed by atoms with Crippen LogP contribution in [0.2, 0.25) is 0 Å². The first-order valence-electron chi connectivity index (χ1n) is 7.99. The summed E-state index contributed by atoms with van der Waals surface area (Å²) in [4.78, 5) is 2.61. The topological polar surface area (TPSA) is 15.3 Å². The van der Waals surface area contributed by atoms with Crippen LogP contribution in [-0.2, 0) is 0 Å². The predicted octanol–water partition coefficient (Wildman–Crippen LogP) is 3.66. The van der Waals surface area contributed by atoms with Gasteiger partial charge < -0.3 is 5.32 Å². The third-order valence-electron chi connectivity index (χ3n) is 4.74. The molecule has 2 unspecified atom stereocenters. The van der Waals surface area contributed by atoms with Crippen LogP contribution in [0, 0.1) is 5.92 Å². The summed E-state index contributed by atoms with van der Waals surface area (Å²) in [5, 5.41) is 3.67. The molecule has 1 fully saturated rings. The maximum atomic E-state index is 3.67. The van der Waals surface area contributed by atoms with Gasteiger partial charge in [0.05, 0.1) is 0 Å².